The summed E-state index contributed by atoms with van der Waals surface area (Å²) in [6.07, 6.45) is 5.27. The SMILES string of the molecule is CC(C)c1nc(-c2ccc(C(N[SH](=O)=O)c3ccccc3Cl)c(F)c2)c2c(N)ncc(C3=CCC(O)CC3)n12. The lowest BCUT2D eigenvalue weighted by atomic mass is 9.95. The first-order chi connectivity index (χ1) is 18.7. The molecule has 1 aliphatic carbocycles. The summed E-state index contributed by atoms with van der Waals surface area (Å²) in [6.45, 7) is 4.04. The van der Waals surface area contributed by atoms with Gasteiger partial charge in [0.05, 0.1) is 24.0 Å². The number of aromatic nitrogens is 3. The molecule has 5 rings (SSSR count). The highest BCUT2D eigenvalue weighted by atomic mass is 35.5. The molecule has 1 aliphatic rings. The highest BCUT2D eigenvalue weighted by Gasteiger charge is 2.26. The molecule has 0 radical (unpaired) electrons. The van der Waals surface area contributed by atoms with E-state index in [1.807, 2.05) is 24.3 Å². The number of hydrogen-bond donors (Lipinski definition) is 4. The molecule has 2 atom stereocenters. The third-order valence-electron chi connectivity index (χ3n) is 6.98. The number of imidazole rings is 1. The van der Waals surface area contributed by atoms with E-state index in [0.29, 0.717) is 46.6 Å². The number of anilines is 1. The molecule has 0 aliphatic heterocycles. The van der Waals surface area contributed by atoms with Crippen LogP contribution in [0.25, 0.3) is 22.3 Å². The number of nitrogen functional groups attached to an aromatic ring is 1. The molecule has 39 heavy (non-hydrogen) atoms. The minimum absolute atomic E-state index is 0.0212. The molecular weight excluding hydrogens is 541 g/mol. The number of nitrogens with two attached hydrogens (primary N) is 1. The van der Waals surface area contributed by atoms with Crippen LogP contribution in [0.2, 0.25) is 5.02 Å². The maximum Gasteiger partial charge on any atom is 0.202 e. The first kappa shape index (κ1) is 27.3. The van der Waals surface area contributed by atoms with Gasteiger partial charge in [-0.3, -0.25) is 4.40 Å². The molecule has 4 aromatic rings. The molecule has 11 heteroatoms. The molecule has 2 aromatic heterocycles. The predicted octanol–water partition coefficient (Wildman–Crippen LogP) is 5.03. The van der Waals surface area contributed by atoms with E-state index in [0.717, 1.165) is 17.1 Å². The second kappa shape index (κ2) is 11.1. The lowest BCUT2D eigenvalue weighted by Crippen LogP contribution is -2.22. The Morgan fingerprint density at radius 1 is 1.21 bits per heavy atom. The molecule has 2 unspecified atom stereocenters. The fourth-order valence-electron chi connectivity index (χ4n) is 5.07. The van der Waals surface area contributed by atoms with Crippen molar-refractivity contribution in [1.82, 2.24) is 19.1 Å². The van der Waals surface area contributed by atoms with Gasteiger partial charge in [0.25, 0.3) is 0 Å². The Bertz CT molecular complexity index is 1660. The lowest BCUT2D eigenvalue weighted by molar-refractivity contribution is 0.166. The highest BCUT2D eigenvalue weighted by molar-refractivity contribution is 7.70. The number of nitrogens with zero attached hydrogens (tertiary/aromatic N) is 3. The Morgan fingerprint density at radius 3 is 2.62 bits per heavy atom. The van der Waals surface area contributed by atoms with Gasteiger partial charge in [0, 0.05) is 22.1 Å². The van der Waals surface area contributed by atoms with Crippen molar-refractivity contribution in [2.45, 2.75) is 51.2 Å². The van der Waals surface area contributed by atoms with Crippen molar-refractivity contribution in [2.24, 2.45) is 0 Å². The standard InChI is InChI=1S/C28H29ClFN5O3S/c1-15(2)28-33-24(26-27(31)32-14-23(35(26)28)16-7-10-18(36)11-8-16)17-9-12-20(22(30)13-17)25(34-39(37)38)19-5-3-4-6-21(19)29/h3-7,9,12-15,18,25,36,39H,8,10-11H2,1-2H3,(H2,31,32)(H,34,37,38). The maximum absolute atomic E-state index is 15.7. The number of fused-ring (bicyclic) bond motifs is 1. The number of rotatable bonds is 7. The number of thiol groups is 1. The first-order valence-corrected chi connectivity index (χ1v) is 14.2. The smallest absolute Gasteiger partial charge is 0.202 e. The van der Waals surface area contributed by atoms with E-state index in [9.17, 15) is 13.5 Å². The van der Waals surface area contributed by atoms with Crippen LogP contribution in [-0.2, 0) is 10.9 Å². The van der Waals surface area contributed by atoms with Crippen LogP contribution in [0, 0.1) is 5.82 Å². The van der Waals surface area contributed by atoms with Gasteiger partial charge in [-0.2, -0.15) is 0 Å². The Labute approximate surface area is 232 Å². The molecule has 2 aromatic carbocycles. The number of allylic oxidation sites excluding steroid dienone is 1. The van der Waals surface area contributed by atoms with Crippen molar-refractivity contribution >= 4 is 39.4 Å². The largest absolute Gasteiger partial charge is 0.393 e. The van der Waals surface area contributed by atoms with Crippen LogP contribution in [0.4, 0.5) is 10.2 Å². The van der Waals surface area contributed by atoms with Gasteiger partial charge in [0.1, 0.15) is 28.7 Å². The van der Waals surface area contributed by atoms with Gasteiger partial charge in [0.15, 0.2) is 0 Å². The minimum Gasteiger partial charge on any atom is -0.393 e. The van der Waals surface area contributed by atoms with Crippen LogP contribution >= 0.6 is 11.6 Å². The van der Waals surface area contributed by atoms with Crippen molar-refractivity contribution < 1.29 is 17.9 Å². The Kier molecular flexibility index (Phi) is 7.73. The van der Waals surface area contributed by atoms with E-state index in [4.69, 9.17) is 22.3 Å². The molecular formula is C28H29ClFN5O3S. The second-order valence-electron chi connectivity index (χ2n) is 9.92. The van der Waals surface area contributed by atoms with Crippen molar-refractivity contribution in [3.05, 3.63) is 88.2 Å². The number of benzene rings is 2. The van der Waals surface area contributed by atoms with Crippen LogP contribution in [0.1, 0.15) is 67.7 Å². The quantitative estimate of drug-likeness (QED) is 0.232. The Hall–Kier alpha value is -3.31. The van der Waals surface area contributed by atoms with Crippen molar-refractivity contribution in [3.8, 4) is 11.3 Å². The summed E-state index contributed by atoms with van der Waals surface area (Å²) in [6, 6.07) is 10.2. The fourth-order valence-corrected chi connectivity index (χ4v) is 5.80. The Balaban J connectivity index is 1.66. The van der Waals surface area contributed by atoms with Gasteiger partial charge >= 0.3 is 0 Å². The molecule has 0 bridgehead atoms. The van der Waals surface area contributed by atoms with Crippen molar-refractivity contribution in [1.29, 1.82) is 0 Å². The summed E-state index contributed by atoms with van der Waals surface area (Å²) in [5.74, 6) is 0.404. The van der Waals surface area contributed by atoms with Gasteiger partial charge in [-0.1, -0.05) is 61.9 Å². The number of halogens is 2. The molecule has 204 valence electrons. The molecule has 4 N–H and O–H groups in total. The predicted molar refractivity (Wildman–Crippen MR) is 151 cm³/mol. The first-order valence-electron chi connectivity index (χ1n) is 12.6. The number of aliphatic hydroxyl groups is 1. The molecule has 2 heterocycles. The number of nitrogens with one attached hydrogen (secondary N) is 1. The number of aliphatic hydroxyl groups excluding tert-OH is 1. The molecule has 0 saturated heterocycles. The van der Waals surface area contributed by atoms with E-state index < -0.39 is 22.7 Å². The van der Waals surface area contributed by atoms with E-state index in [-0.39, 0.29) is 23.4 Å². The van der Waals surface area contributed by atoms with Crippen LogP contribution in [-0.4, -0.2) is 34.0 Å². The third kappa shape index (κ3) is 5.29. The fraction of sp³-hybridized carbons (Fsp3) is 0.286. The highest BCUT2D eigenvalue weighted by Crippen LogP contribution is 2.37. The van der Waals surface area contributed by atoms with Gasteiger partial charge in [-0.25, -0.2) is 27.5 Å². The summed E-state index contributed by atoms with van der Waals surface area (Å²) < 4.78 is 43.3. The summed E-state index contributed by atoms with van der Waals surface area (Å²) in [7, 11) is -3.05. The zero-order chi connectivity index (χ0) is 27.8. The van der Waals surface area contributed by atoms with Crippen LogP contribution in [0.5, 0.6) is 0 Å². The van der Waals surface area contributed by atoms with E-state index in [1.54, 1.807) is 36.5 Å². The molecule has 0 fully saturated rings. The van der Waals surface area contributed by atoms with Crippen molar-refractivity contribution in [2.75, 3.05) is 5.73 Å². The molecule has 0 saturated carbocycles. The lowest BCUT2D eigenvalue weighted by Gasteiger charge is -2.20. The Morgan fingerprint density at radius 2 is 1.97 bits per heavy atom. The third-order valence-corrected chi connectivity index (χ3v) is 7.79. The van der Waals surface area contributed by atoms with Gasteiger partial charge in [0.2, 0.25) is 10.9 Å². The minimum atomic E-state index is -3.05. The van der Waals surface area contributed by atoms with E-state index in [1.165, 1.54) is 12.1 Å². The van der Waals surface area contributed by atoms with Crippen LogP contribution in [0.15, 0.2) is 54.7 Å². The summed E-state index contributed by atoms with van der Waals surface area (Å²) in [4.78, 5) is 9.33. The van der Waals surface area contributed by atoms with Crippen LogP contribution < -0.4 is 10.5 Å². The molecule has 8 nitrogen and oxygen atoms in total. The summed E-state index contributed by atoms with van der Waals surface area (Å²) in [5.41, 5.74) is 10.3. The van der Waals surface area contributed by atoms with Crippen LogP contribution in [0.3, 0.4) is 0 Å². The zero-order valence-corrected chi connectivity index (χ0v) is 23.1. The second-order valence-corrected chi connectivity index (χ2v) is 11.1. The average Bonchev–Trinajstić information content (AvgIpc) is 3.31. The number of hydrogen-bond acceptors (Lipinski definition) is 6. The average molecular weight is 570 g/mol. The van der Waals surface area contributed by atoms with Crippen molar-refractivity contribution in [3.63, 3.8) is 0 Å². The monoisotopic (exact) mass is 569 g/mol. The van der Waals surface area contributed by atoms with Gasteiger partial charge in [-0.05, 0) is 42.5 Å². The van der Waals surface area contributed by atoms with E-state index in [2.05, 4.69) is 9.71 Å². The zero-order valence-electron chi connectivity index (χ0n) is 21.4. The van der Waals surface area contributed by atoms with Gasteiger partial charge in [-0.15, -0.1) is 0 Å². The summed E-state index contributed by atoms with van der Waals surface area (Å²) >= 11 is 6.32. The topological polar surface area (TPSA) is 123 Å². The molecule has 0 spiro atoms. The molecule has 0 amide bonds. The maximum atomic E-state index is 15.7. The van der Waals surface area contributed by atoms with E-state index >= 15 is 4.39 Å². The summed E-state index contributed by atoms with van der Waals surface area (Å²) in [5, 5.41) is 10.3. The normalized spacial score (nSPS) is 16.7. The van der Waals surface area contributed by atoms with Gasteiger partial charge < -0.3 is 10.8 Å².